The van der Waals surface area contributed by atoms with E-state index in [-0.39, 0.29) is 23.3 Å². The predicted molar refractivity (Wildman–Crippen MR) is 77.4 cm³/mol. The van der Waals surface area contributed by atoms with Gasteiger partial charge in [-0.1, -0.05) is 11.6 Å². The highest BCUT2D eigenvalue weighted by molar-refractivity contribution is 6.30. The molecule has 0 aliphatic rings. The standard InChI is InChI=1S/C11H11ClN6O2/c1-14-10-8(18(19)20)9(13)16-11(17-10)15-7-4-2-6(12)3-5-7/h2-5H,1H3,(H4,13,14,15,16,17). The number of hydrogen-bond donors (Lipinski definition) is 3. The summed E-state index contributed by atoms with van der Waals surface area (Å²) in [5.41, 5.74) is 5.91. The Hall–Kier alpha value is -2.61. The summed E-state index contributed by atoms with van der Waals surface area (Å²) in [6.45, 7) is 0. The van der Waals surface area contributed by atoms with E-state index in [1.54, 1.807) is 24.3 Å². The molecule has 0 fully saturated rings. The number of nitrogens with zero attached hydrogens (tertiary/aromatic N) is 3. The van der Waals surface area contributed by atoms with Crippen molar-refractivity contribution in [2.24, 2.45) is 0 Å². The summed E-state index contributed by atoms with van der Waals surface area (Å²) in [5, 5.41) is 17.0. The molecule has 0 saturated carbocycles. The minimum absolute atomic E-state index is 0.0407. The van der Waals surface area contributed by atoms with Gasteiger partial charge in [0.1, 0.15) is 0 Å². The van der Waals surface area contributed by atoms with Crippen molar-refractivity contribution in [1.29, 1.82) is 0 Å². The highest BCUT2D eigenvalue weighted by Crippen LogP contribution is 2.29. The molecular formula is C11H11ClN6O2. The summed E-state index contributed by atoms with van der Waals surface area (Å²) in [6.07, 6.45) is 0. The number of halogens is 1. The lowest BCUT2D eigenvalue weighted by atomic mass is 10.3. The van der Waals surface area contributed by atoms with Gasteiger partial charge in [0.25, 0.3) is 0 Å². The number of hydrogen-bond acceptors (Lipinski definition) is 7. The topological polar surface area (TPSA) is 119 Å². The zero-order chi connectivity index (χ0) is 14.7. The van der Waals surface area contributed by atoms with Crippen LogP contribution in [-0.4, -0.2) is 21.9 Å². The number of rotatable bonds is 4. The summed E-state index contributed by atoms with van der Waals surface area (Å²) >= 11 is 5.78. The molecule has 0 unspecified atom stereocenters. The first-order chi connectivity index (χ1) is 9.51. The molecule has 0 amide bonds. The third kappa shape index (κ3) is 2.86. The molecule has 0 saturated heterocycles. The molecule has 1 aromatic heterocycles. The number of aromatic nitrogens is 2. The Bertz CT molecular complexity index is 646. The molecule has 0 aliphatic carbocycles. The summed E-state index contributed by atoms with van der Waals surface area (Å²) in [5.74, 6) is -0.0236. The number of nitrogen functional groups attached to an aromatic ring is 1. The van der Waals surface area contributed by atoms with E-state index in [0.717, 1.165) is 0 Å². The minimum Gasteiger partial charge on any atom is -0.378 e. The predicted octanol–water partition coefficient (Wildman–Crippen LogP) is 2.41. The fraction of sp³-hybridized carbons (Fsp3) is 0.0909. The molecule has 0 spiro atoms. The first-order valence-corrected chi connectivity index (χ1v) is 5.91. The third-order valence-electron chi connectivity index (χ3n) is 2.43. The van der Waals surface area contributed by atoms with Gasteiger partial charge in [0.15, 0.2) is 0 Å². The van der Waals surface area contributed by atoms with Crippen molar-refractivity contribution in [2.75, 3.05) is 23.4 Å². The maximum atomic E-state index is 10.9. The highest BCUT2D eigenvalue weighted by atomic mass is 35.5. The van der Waals surface area contributed by atoms with Crippen LogP contribution in [0.1, 0.15) is 0 Å². The molecule has 1 aromatic carbocycles. The second kappa shape index (κ2) is 5.57. The molecule has 8 nitrogen and oxygen atoms in total. The van der Waals surface area contributed by atoms with Crippen LogP contribution in [0.3, 0.4) is 0 Å². The van der Waals surface area contributed by atoms with Gasteiger partial charge >= 0.3 is 5.69 Å². The molecule has 4 N–H and O–H groups in total. The first-order valence-electron chi connectivity index (χ1n) is 5.53. The Kier molecular flexibility index (Phi) is 3.85. The Morgan fingerprint density at radius 3 is 2.50 bits per heavy atom. The lowest BCUT2D eigenvalue weighted by molar-refractivity contribution is -0.383. The number of benzene rings is 1. The first kappa shape index (κ1) is 13.8. The van der Waals surface area contributed by atoms with Crippen molar-refractivity contribution in [2.45, 2.75) is 0 Å². The van der Waals surface area contributed by atoms with Gasteiger partial charge in [0.2, 0.25) is 17.6 Å². The third-order valence-corrected chi connectivity index (χ3v) is 2.68. The Balaban J connectivity index is 2.36. The van der Waals surface area contributed by atoms with E-state index in [1.807, 2.05) is 0 Å². The molecule has 0 atom stereocenters. The molecule has 0 aliphatic heterocycles. The summed E-state index contributed by atoms with van der Waals surface area (Å²) in [6, 6.07) is 6.83. The molecule has 2 aromatic rings. The molecule has 0 bridgehead atoms. The number of anilines is 4. The van der Waals surface area contributed by atoms with Gasteiger partial charge in [-0.2, -0.15) is 9.97 Å². The average Bonchev–Trinajstić information content (AvgIpc) is 2.40. The Morgan fingerprint density at radius 1 is 1.30 bits per heavy atom. The van der Waals surface area contributed by atoms with Crippen molar-refractivity contribution in [3.8, 4) is 0 Å². The smallest absolute Gasteiger partial charge is 0.353 e. The van der Waals surface area contributed by atoms with E-state index in [4.69, 9.17) is 17.3 Å². The highest BCUT2D eigenvalue weighted by Gasteiger charge is 2.22. The van der Waals surface area contributed by atoms with E-state index in [9.17, 15) is 10.1 Å². The lowest BCUT2D eigenvalue weighted by Gasteiger charge is -2.08. The van der Waals surface area contributed by atoms with Gasteiger partial charge in [-0.15, -0.1) is 0 Å². The molecule has 20 heavy (non-hydrogen) atoms. The van der Waals surface area contributed by atoms with E-state index < -0.39 is 4.92 Å². The fourth-order valence-electron chi connectivity index (χ4n) is 1.54. The molecular weight excluding hydrogens is 284 g/mol. The van der Waals surface area contributed by atoms with Crippen LogP contribution in [0.25, 0.3) is 0 Å². The molecule has 104 valence electrons. The molecule has 2 rings (SSSR count). The average molecular weight is 295 g/mol. The fourth-order valence-corrected chi connectivity index (χ4v) is 1.67. The van der Waals surface area contributed by atoms with Crippen LogP contribution >= 0.6 is 11.6 Å². The van der Waals surface area contributed by atoms with Crippen LogP contribution in [0.15, 0.2) is 24.3 Å². The van der Waals surface area contributed by atoms with Gasteiger partial charge in [-0.05, 0) is 24.3 Å². The number of nitrogens with one attached hydrogen (secondary N) is 2. The van der Waals surface area contributed by atoms with E-state index in [0.29, 0.717) is 10.7 Å². The van der Waals surface area contributed by atoms with Gasteiger partial charge < -0.3 is 16.4 Å². The monoisotopic (exact) mass is 294 g/mol. The zero-order valence-electron chi connectivity index (χ0n) is 10.4. The second-order valence-electron chi connectivity index (χ2n) is 3.77. The Labute approximate surface area is 119 Å². The second-order valence-corrected chi connectivity index (χ2v) is 4.21. The Morgan fingerprint density at radius 2 is 1.95 bits per heavy atom. The van der Waals surface area contributed by atoms with Crippen LogP contribution in [0.4, 0.5) is 29.0 Å². The van der Waals surface area contributed by atoms with Gasteiger partial charge in [-0.25, -0.2) is 0 Å². The largest absolute Gasteiger partial charge is 0.378 e. The van der Waals surface area contributed by atoms with E-state index >= 15 is 0 Å². The number of nitro groups is 1. The van der Waals surface area contributed by atoms with Crippen molar-refractivity contribution < 1.29 is 4.92 Å². The van der Waals surface area contributed by atoms with Crippen molar-refractivity contribution in [3.63, 3.8) is 0 Å². The maximum Gasteiger partial charge on any atom is 0.353 e. The summed E-state index contributed by atoms with van der Waals surface area (Å²) < 4.78 is 0. The van der Waals surface area contributed by atoms with Gasteiger partial charge in [-0.3, -0.25) is 10.1 Å². The van der Waals surface area contributed by atoms with Gasteiger partial charge in [0, 0.05) is 17.8 Å². The molecule has 0 radical (unpaired) electrons. The maximum absolute atomic E-state index is 10.9. The summed E-state index contributed by atoms with van der Waals surface area (Å²) in [7, 11) is 1.51. The molecule has 9 heteroatoms. The van der Waals surface area contributed by atoms with E-state index in [1.165, 1.54) is 7.05 Å². The van der Waals surface area contributed by atoms with Crippen molar-refractivity contribution in [3.05, 3.63) is 39.4 Å². The summed E-state index contributed by atoms with van der Waals surface area (Å²) in [4.78, 5) is 18.1. The van der Waals surface area contributed by atoms with Crippen LogP contribution in [0.2, 0.25) is 5.02 Å². The van der Waals surface area contributed by atoms with Crippen molar-refractivity contribution >= 4 is 40.6 Å². The minimum atomic E-state index is -0.632. The quantitative estimate of drug-likeness (QED) is 0.585. The zero-order valence-corrected chi connectivity index (χ0v) is 11.2. The normalized spacial score (nSPS) is 10.1. The van der Waals surface area contributed by atoms with Gasteiger partial charge in [0.05, 0.1) is 4.92 Å². The van der Waals surface area contributed by atoms with Crippen LogP contribution in [0.5, 0.6) is 0 Å². The van der Waals surface area contributed by atoms with Crippen LogP contribution < -0.4 is 16.4 Å². The van der Waals surface area contributed by atoms with Crippen LogP contribution in [-0.2, 0) is 0 Å². The van der Waals surface area contributed by atoms with E-state index in [2.05, 4.69) is 20.6 Å². The number of nitrogens with two attached hydrogens (primary N) is 1. The lowest BCUT2D eigenvalue weighted by Crippen LogP contribution is -2.08. The SMILES string of the molecule is CNc1nc(Nc2ccc(Cl)cc2)nc(N)c1[N+](=O)[O-]. The van der Waals surface area contributed by atoms with Crippen LogP contribution in [0, 0.1) is 10.1 Å². The molecule has 1 heterocycles. The van der Waals surface area contributed by atoms with Crippen molar-refractivity contribution in [1.82, 2.24) is 9.97 Å².